The molecule has 3 aromatic carbocycles. The topological polar surface area (TPSA) is 79.5 Å². The Labute approximate surface area is 164 Å². The van der Waals surface area contributed by atoms with E-state index in [4.69, 9.17) is 4.28 Å². The number of nitriles is 1. The van der Waals surface area contributed by atoms with Crippen molar-refractivity contribution in [2.24, 2.45) is 5.16 Å². The Morgan fingerprint density at radius 3 is 2.07 bits per heavy atom. The highest BCUT2D eigenvalue weighted by Gasteiger charge is 2.17. The van der Waals surface area contributed by atoms with Gasteiger partial charge in [0.25, 0.3) is 0 Å². The van der Waals surface area contributed by atoms with Gasteiger partial charge in [0.2, 0.25) is 0 Å². The fourth-order valence-electron chi connectivity index (χ4n) is 2.64. The number of hydrogen-bond donors (Lipinski definition) is 0. The molecule has 6 heteroatoms. The SMILES string of the molecule is Cc1ccc(-c2ccccc2/C(C#N)=N/OS(=O)(=O)c2ccc(C)cc2)cc1. The lowest BCUT2D eigenvalue weighted by Gasteiger charge is -2.08. The third-order valence-electron chi connectivity index (χ3n) is 4.19. The van der Waals surface area contributed by atoms with Crippen molar-refractivity contribution in [3.63, 3.8) is 0 Å². The number of aryl methyl sites for hydroxylation is 2. The molecule has 3 aromatic rings. The van der Waals surface area contributed by atoms with Crippen LogP contribution in [0.4, 0.5) is 0 Å². The Balaban J connectivity index is 1.97. The van der Waals surface area contributed by atoms with E-state index in [9.17, 15) is 13.7 Å². The van der Waals surface area contributed by atoms with Crippen LogP contribution in [0.3, 0.4) is 0 Å². The monoisotopic (exact) mass is 390 g/mol. The number of oxime groups is 1. The summed E-state index contributed by atoms with van der Waals surface area (Å²) in [4.78, 5) is -0.0223. The zero-order chi connectivity index (χ0) is 20.1. The molecule has 0 spiro atoms. The van der Waals surface area contributed by atoms with Crippen molar-refractivity contribution in [2.75, 3.05) is 0 Å². The molecule has 0 aliphatic carbocycles. The molecule has 0 aromatic heterocycles. The van der Waals surface area contributed by atoms with Gasteiger partial charge >= 0.3 is 10.1 Å². The standard InChI is InChI=1S/C22H18N2O3S/c1-16-7-11-18(12-8-16)20-5-3-4-6-21(20)22(15-23)24-27-28(25,26)19-13-9-17(2)10-14-19/h3-14H,1-2H3/b24-22+. The Kier molecular flexibility index (Phi) is 5.57. The lowest BCUT2D eigenvalue weighted by atomic mass is 9.96. The molecule has 0 unspecified atom stereocenters. The molecule has 0 saturated carbocycles. The van der Waals surface area contributed by atoms with Gasteiger partial charge < -0.3 is 0 Å². The summed E-state index contributed by atoms with van der Waals surface area (Å²) >= 11 is 0. The van der Waals surface area contributed by atoms with E-state index in [2.05, 4.69) is 5.16 Å². The smallest absolute Gasteiger partial charge is 0.263 e. The summed E-state index contributed by atoms with van der Waals surface area (Å²) in [6.07, 6.45) is 0. The molecular formula is C22H18N2O3S. The third-order valence-corrected chi connectivity index (χ3v) is 5.31. The molecule has 0 atom stereocenters. The van der Waals surface area contributed by atoms with Crippen LogP contribution in [0.2, 0.25) is 0 Å². The largest absolute Gasteiger partial charge is 0.358 e. The van der Waals surface area contributed by atoms with E-state index in [0.717, 1.165) is 22.3 Å². The van der Waals surface area contributed by atoms with Gasteiger partial charge in [0, 0.05) is 5.56 Å². The van der Waals surface area contributed by atoms with Crippen molar-refractivity contribution in [3.05, 3.63) is 89.5 Å². The fourth-order valence-corrected chi connectivity index (χ4v) is 3.37. The lowest BCUT2D eigenvalue weighted by molar-refractivity contribution is 0.339. The molecule has 3 rings (SSSR count). The van der Waals surface area contributed by atoms with Crippen molar-refractivity contribution in [2.45, 2.75) is 18.7 Å². The van der Waals surface area contributed by atoms with Gasteiger partial charge in [-0.05, 0) is 37.1 Å². The molecule has 0 fully saturated rings. The zero-order valence-electron chi connectivity index (χ0n) is 15.5. The highest BCUT2D eigenvalue weighted by molar-refractivity contribution is 7.86. The van der Waals surface area contributed by atoms with Gasteiger partial charge in [-0.1, -0.05) is 76.9 Å². The summed E-state index contributed by atoms with van der Waals surface area (Å²) < 4.78 is 29.5. The van der Waals surface area contributed by atoms with E-state index in [0.29, 0.717) is 5.56 Å². The van der Waals surface area contributed by atoms with Gasteiger partial charge in [-0.2, -0.15) is 13.7 Å². The second-order valence-corrected chi connectivity index (χ2v) is 7.83. The summed E-state index contributed by atoms with van der Waals surface area (Å²) in [5.74, 6) is 0. The van der Waals surface area contributed by atoms with E-state index in [1.54, 1.807) is 24.3 Å². The zero-order valence-corrected chi connectivity index (χ0v) is 16.3. The van der Waals surface area contributed by atoms with Crippen molar-refractivity contribution < 1.29 is 12.7 Å². The Hall–Kier alpha value is -3.43. The van der Waals surface area contributed by atoms with Crippen LogP contribution in [0.25, 0.3) is 11.1 Å². The minimum absolute atomic E-state index is 0.0223. The Morgan fingerprint density at radius 1 is 0.893 bits per heavy atom. The van der Waals surface area contributed by atoms with Crippen LogP contribution in [0, 0.1) is 25.2 Å². The molecule has 0 saturated heterocycles. The average Bonchev–Trinajstić information content (AvgIpc) is 2.70. The van der Waals surface area contributed by atoms with Crippen LogP contribution in [-0.2, 0) is 14.4 Å². The maximum atomic E-state index is 12.3. The van der Waals surface area contributed by atoms with Crippen molar-refractivity contribution in [1.82, 2.24) is 0 Å². The van der Waals surface area contributed by atoms with Gasteiger partial charge in [-0.25, -0.2) is 0 Å². The first-order valence-corrected chi connectivity index (χ1v) is 9.96. The number of rotatable bonds is 5. The summed E-state index contributed by atoms with van der Waals surface area (Å²) in [7, 11) is -4.11. The maximum absolute atomic E-state index is 12.3. The van der Waals surface area contributed by atoms with Gasteiger partial charge in [0.05, 0.1) is 0 Å². The van der Waals surface area contributed by atoms with Gasteiger partial charge in [0.1, 0.15) is 11.0 Å². The van der Waals surface area contributed by atoms with Gasteiger partial charge in [0.15, 0.2) is 5.71 Å². The summed E-state index contributed by atoms with van der Waals surface area (Å²) in [6.45, 7) is 3.84. The van der Waals surface area contributed by atoms with E-state index < -0.39 is 10.1 Å². The average molecular weight is 390 g/mol. The van der Waals surface area contributed by atoms with Crippen LogP contribution in [-0.4, -0.2) is 14.1 Å². The van der Waals surface area contributed by atoms with Crippen LogP contribution in [0.5, 0.6) is 0 Å². The molecule has 0 bridgehead atoms. The molecule has 140 valence electrons. The van der Waals surface area contributed by atoms with Crippen LogP contribution >= 0.6 is 0 Å². The first-order chi connectivity index (χ1) is 13.4. The van der Waals surface area contributed by atoms with E-state index in [1.807, 2.05) is 56.3 Å². The molecule has 0 aliphatic rings. The Bertz CT molecular complexity index is 1160. The van der Waals surface area contributed by atoms with Gasteiger partial charge in [-0.3, -0.25) is 4.28 Å². The van der Waals surface area contributed by atoms with Crippen LogP contribution in [0.1, 0.15) is 16.7 Å². The maximum Gasteiger partial charge on any atom is 0.358 e. The molecular weight excluding hydrogens is 372 g/mol. The Morgan fingerprint density at radius 2 is 1.46 bits per heavy atom. The predicted molar refractivity (Wildman–Crippen MR) is 108 cm³/mol. The minimum atomic E-state index is -4.11. The summed E-state index contributed by atoms with van der Waals surface area (Å²) in [5.41, 5.74) is 4.07. The molecule has 0 N–H and O–H groups in total. The van der Waals surface area contributed by atoms with E-state index in [-0.39, 0.29) is 10.6 Å². The fraction of sp³-hybridized carbons (Fsp3) is 0.0909. The van der Waals surface area contributed by atoms with E-state index in [1.165, 1.54) is 12.1 Å². The van der Waals surface area contributed by atoms with Crippen LogP contribution in [0.15, 0.2) is 82.8 Å². The predicted octanol–water partition coefficient (Wildman–Crippen LogP) is 4.60. The molecule has 5 nitrogen and oxygen atoms in total. The van der Waals surface area contributed by atoms with Crippen molar-refractivity contribution in [1.29, 1.82) is 5.26 Å². The summed E-state index contributed by atoms with van der Waals surface area (Å²) in [5, 5.41) is 13.2. The second kappa shape index (κ2) is 8.07. The third kappa shape index (κ3) is 4.27. The normalized spacial score (nSPS) is 11.7. The molecule has 0 amide bonds. The quantitative estimate of drug-likeness (QED) is 0.471. The van der Waals surface area contributed by atoms with E-state index >= 15 is 0 Å². The number of hydrogen-bond acceptors (Lipinski definition) is 5. The molecule has 0 aliphatic heterocycles. The first kappa shape index (κ1) is 19.3. The van der Waals surface area contributed by atoms with Crippen molar-refractivity contribution in [3.8, 4) is 17.2 Å². The number of benzene rings is 3. The highest BCUT2D eigenvalue weighted by atomic mass is 32.2. The summed E-state index contributed by atoms with van der Waals surface area (Å²) in [6, 6.07) is 23.1. The first-order valence-electron chi connectivity index (χ1n) is 8.55. The molecule has 0 radical (unpaired) electrons. The molecule has 0 heterocycles. The highest BCUT2D eigenvalue weighted by Crippen LogP contribution is 2.25. The minimum Gasteiger partial charge on any atom is -0.263 e. The lowest BCUT2D eigenvalue weighted by Crippen LogP contribution is -2.07. The second-order valence-electron chi connectivity index (χ2n) is 6.31. The van der Waals surface area contributed by atoms with Crippen molar-refractivity contribution >= 4 is 15.8 Å². The number of nitrogens with zero attached hydrogens (tertiary/aromatic N) is 2. The van der Waals surface area contributed by atoms with Crippen LogP contribution < -0.4 is 0 Å². The molecule has 28 heavy (non-hydrogen) atoms. The van der Waals surface area contributed by atoms with Gasteiger partial charge in [-0.15, -0.1) is 0 Å².